The molecule has 0 radical (unpaired) electrons. The normalized spacial score (nSPS) is 10.9. The van der Waals surface area contributed by atoms with E-state index in [0.717, 1.165) is 28.5 Å². The van der Waals surface area contributed by atoms with Crippen LogP contribution in [0.4, 0.5) is 0 Å². The standard InChI is InChI=1S/C16H11N5/c1-3-9-17-12(6-1)16-20-13-7-5-11-19-15(13)21(16)14-8-2-4-10-18-14/h1-11H. The van der Waals surface area contributed by atoms with Crippen molar-refractivity contribution >= 4 is 11.2 Å². The third kappa shape index (κ3) is 1.95. The van der Waals surface area contributed by atoms with E-state index in [-0.39, 0.29) is 0 Å². The molecule has 4 aromatic heterocycles. The van der Waals surface area contributed by atoms with Crippen LogP contribution in [0.2, 0.25) is 0 Å². The highest BCUT2D eigenvalue weighted by Gasteiger charge is 2.16. The summed E-state index contributed by atoms with van der Waals surface area (Å²) in [6, 6.07) is 15.3. The van der Waals surface area contributed by atoms with E-state index in [1.165, 1.54) is 0 Å². The average Bonchev–Trinajstić information content (AvgIpc) is 2.96. The topological polar surface area (TPSA) is 56.5 Å². The summed E-state index contributed by atoms with van der Waals surface area (Å²) in [6.07, 6.45) is 5.27. The Bertz CT molecular complexity index is 884. The van der Waals surface area contributed by atoms with Gasteiger partial charge in [-0.15, -0.1) is 0 Å². The van der Waals surface area contributed by atoms with Crippen molar-refractivity contribution in [1.29, 1.82) is 0 Å². The van der Waals surface area contributed by atoms with Gasteiger partial charge in [-0.3, -0.25) is 9.55 Å². The first-order chi connectivity index (χ1) is 10.4. The summed E-state index contributed by atoms with van der Waals surface area (Å²) in [5, 5.41) is 0. The molecule has 5 nitrogen and oxygen atoms in total. The Morgan fingerprint density at radius 3 is 2.29 bits per heavy atom. The van der Waals surface area contributed by atoms with Gasteiger partial charge in [-0.2, -0.15) is 0 Å². The second-order valence-electron chi connectivity index (χ2n) is 4.52. The molecule has 0 amide bonds. The van der Waals surface area contributed by atoms with Crippen LogP contribution in [-0.4, -0.2) is 24.5 Å². The molecule has 0 aliphatic rings. The molecule has 4 rings (SSSR count). The first-order valence-electron chi connectivity index (χ1n) is 6.60. The minimum absolute atomic E-state index is 0.739. The Morgan fingerprint density at radius 1 is 0.714 bits per heavy atom. The van der Waals surface area contributed by atoms with Gasteiger partial charge in [0.15, 0.2) is 11.5 Å². The molecule has 0 fully saturated rings. The van der Waals surface area contributed by atoms with Crippen molar-refractivity contribution in [2.24, 2.45) is 0 Å². The summed E-state index contributed by atoms with van der Waals surface area (Å²) < 4.78 is 1.93. The maximum absolute atomic E-state index is 4.66. The Labute approximate surface area is 121 Å². The Hall–Kier alpha value is -3.08. The Kier molecular flexibility index (Phi) is 2.67. The van der Waals surface area contributed by atoms with Gasteiger partial charge < -0.3 is 0 Å². The number of hydrogen-bond acceptors (Lipinski definition) is 4. The highest BCUT2D eigenvalue weighted by atomic mass is 15.2. The van der Waals surface area contributed by atoms with Crippen LogP contribution in [0.15, 0.2) is 67.1 Å². The Morgan fingerprint density at radius 2 is 1.52 bits per heavy atom. The lowest BCUT2D eigenvalue weighted by atomic mass is 10.3. The van der Waals surface area contributed by atoms with Gasteiger partial charge in [-0.05, 0) is 36.4 Å². The molecule has 0 spiro atoms. The van der Waals surface area contributed by atoms with Gasteiger partial charge >= 0.3 is 0 Å². The third-order valence-corrected chi connectivity index (χ3v) is 3.19. The third-order valence-electron chi connectivity index (χ3n) is 3.19. The van der Waals surface area contributed by atoms with E-state index in [1.807, 2.05) is 53.1 Å². The lowest BCUT2D eigenvalue weighted by Crippen LogP contribution is -2.01. The van der Waals surface area contributed by atoms with E-state index in [2.05, 4.69) is 19.9 Å². The maximum Gasteiger partial charge on any atom is 0.166 e. The monoisotopic (exact) mass is 273 g/mol. The fraction of sp³-hybridized carbons (Fsp3) is 0. The highest BCUT2D eigenvalue weighted by Crippen LogP contribution is 2.24. The SMILES string of the molecule is c1ccc(-c2nc3cccnc3n2-c2ccccn2)nc1. The second kappa shape index (κ2) is 4.79. The molecule has 0 saturated heterocycles. The molecule has 100 valence electrons. The average molecular weight is 273 g/mol. The van der Waals surface area contributed by atoms with Crippen LogP contribution in [0, 0.1) is 0 Å². The van der Waals surface area contributed by atoms with Crippen LogP contribution < -0.4 is 0 Å². The lowest BCUT2D eigenvalue weighted by Gasteiger charge is -2.06. The summed E-state index contributed by atoms with van der Waals surface area (Å²) >= 11 is 0. The van der Waals surface area contributed by atoms with E-state index < -0.39 is 0 Å². The van der Waals surface area contributed by atoms with Crippen molar-refractivity contribution in [2.75, 3.05) is 0 Å². The van der Waals surface area contributed by atoms with E-state index in [9.17, 15) is 0 Å². The van der Waals surface area contributed by atoms with Gasteiger partial charge in [0.1, 0.15) is 17.0 Å². The fourth-order valence-electron chi connectivity index (χ4n) is 2.28. The van der Waals surface area contributed by atoms with Crippen molar-refractivity contribution in [3.8, 4) is 17.3 Å². The zero-order valence-corrected chi connectivity index (χ0v) is 11.1. The number of nitrogens with zero attached hydrogens (tertiary/aromatic N) is 5. The molecule has 0 saturated carbocycles. The van der Waals surface area contributed by atoms with Crippen molar-refractivity contribution < 1.29 is 0 Å². The summed E-state index contributed by atoms with van der Waals surface area (Å²) in [5.41, 5.74) is 2.39. The van der Waals surface area contributed by atoms with E-state index in [0.29, 0.717) is 0 Å². The largest absolute Gasteiger partial charge is 0.259 e. The lowest BCUT2D eigenvalue weighted by molar-refractivity contribution is 1.00. The molecule has 0 unspecified atom stereocenters. The van der Waals surface area contributed by atoms with Crippen LogP contribution in [0.25, 0.3) is 28.5 Å². The summed E-state index contributed by atoms with van der Waals surface area (Å²) in [6.45, 7) is 0. The zero-order chi connectivity index (χ0) is 14.1. The van der Waals surface area contributed by atoms with Gasteiger partial charge in [0.25, 0.3) is 0 Å². The maximum atomic E-state index is 4.66. The summed E-state index contributed by atoms with van der Waals surface area (Å²) in [4.78, 5) is 17.9. The van der Waals surface area contributed by atoms with Crippen LogP contribution >= 0.6 is 0 Å². The zero-order valence-electron chi connectivity index (χ0n) is 11.1. The summed E-state index contributed by atoms with van der Waals surface area (Å²) in [5.74, 6) is 1.52. The van der Waals surface area contributed by atoms with Crippen LogP contribution in [0.3, 0.4) is 0 Å². The minimum atomic E-state index is 0.739. The predicted octanol–water partition coefficient (Wildman–Crippen LogP) is 2.88. The molecule has 0 aromatic carbocycles. The molecule has 0 bridgehead atoms. The number of hydrogen-bond donors (Lipinski definition) is 0. The van der Waals surface area contributed by atoms with Crippen molar-refractivity contribution in [1.82, 2.24) is 24.5 Å². The van der Waals surface area contributed by atoms with Crippen molar-refractivity contribution in [3.05, 3.63) is 67.1 Å². The first kappa shape index (κ1) is 11.7. The van der Waals surface area contributed by atoms with Gasteiger partial charge in [0, 0.05) is 18.6 Å². The predicted molar refractivity (Wildman–Crippen MR) is 79.9 cm³/mol. The van der Waals surface area contributed by atoms with Gasteiger partial charge in [0.2, 0.25) is 0 Å². The van der Waals surface area contributed by atoms with Crippen LogP contribution in [0.5, 0.6) is 0 Å². The quantitative estimate of drug-likeness (QED) is 0.563. The highest BCUT2D eigenvalue weighted by molar-refractivity contribution is 5.78. The van der Waals surface area contributed by atoms with Gasteiger partial charge in [0.05, 0.1) is 0 Å². The molecule has 0 aliphatic carbocycles. The number of pyridine rings is 3. The van der Waals surface area contributed by atoms with Gasteiger partial charge in [-0.25, -0.2) is 15.0 Å². The van der Waals surface area contributed by atoms with Gasteiger partial charge in [-0.1, -0.05) is 12.1 Å². The number of imidazole rings is 1. The molecular weight excluding hydrogens is 262 g/mol. The van der Waals surface area contributed by atoms with Crippen LogP contribution in [0.1, 0.15) is 0 Å². The number of fused-ring (bicyclic) bond motifs is 1. The fourth-order valence-corrected chi connectivity index (χ4v) is 2.28. The molecule has 4 heterocycles. The smallest absolute Gasteiger partial charge is 0.166 e. The van der Waals surface area contributed by atoms with E-state index in [4.69, 9.17) is 0 Å². The van der Waals surface area contributed by atoms with Crippen LogP contribution in [-0.2, 0) is 0 Å². The van der Waals surface area contributed by atoms with E-state index in [1.54, 1.807) is 18.6 Å². The number of rotatable bonds is 2. The second-order valence-corrected chi connectivity index (χ2v) is 4.52. The molecule has 0 aliphatic heterocycles. The Balaban J connectivity index is 2.07. The van der Waals surface area contributed by atoms with Crippen molar-refractivity contribution in [3.63, 3.8) is 0 Å². The molecule has 0 N–H and O–H groups in total. The molecule has 21 heavy (non-hydrogen) atoms. The van der Waals surface area contributed by atoms with E-state index >= 15 is 0 Å². The first-order valence-corrected chi connectivity index (χ1v) is 6.60. The summed E-state index contributed by atoms with van der Waals surface area (Å²) in [7, 11) is 0. The molecule has 5 heteroatoms. The number of aromatic nitrogens is 5. The molecule has 4 aromatic rings. The van der Waals surface area contributed by atoms with Crippen molar-refractivity contribution in [2.45, 2.75) is 0 Å². The molecule has 0 atom stereocenters. The molecular formula is C16H11N5. The minimum Gasteiger partial charge on any atom is -0.259 e.